The van der Waals surface area contributed by atoms with Crippen molar-refractivity contribution in [2.24, 2.45) is 0 Å². The number of nitrogens with one attached hydrogen (secondary N) is 1. The van der Waals surface area contributed by atoms with Gasteiger partial charge < -0.3 is 5.32 Å². The molecule has 0 saturated carbocycles. The lowest BCUT2D eigenvalue weighted by Crippen LogP contribution is -2.41. The maximum atomic E-state index is 5.23. The van der Waals surface area contributed by atoms with Gasteiger partial charge in [-0.2, -0.15) is 0 Å². The molecule has 1 rings (SSSR count). The number of piperidine rings is 1. The van der Waals surface area contributed by atoms with Crippen LogP contribution in [-0.2, 0) is 0 Å². The van der Waals surface area contributed by atoms with Crippen molar-refractivity contribution in [3.63, 3.8) is 0 Å². The average molecular weight is 225 g/mol. The van der Waals surface area contributed by atoms with Gasteiger partial charge in [0.25, 0.3) is 0 Å². The number of nitrogens with zero attached hydrogens (tertiary/aromatic N) is 1. The van der Waals surface area contributed by atoms with E-state index in [9.17, 15) is 0 Å². The van der Waals surface area contributed by atoms with Gasteiger partial charge in [0.2, 0.25) is 0 Å². The van der Waals surface area contributed by atoms with E-state index in [2.05, 4.69) is 23.2 Å². The lowest BCUT2D eigenvalue weighted by molar-refractivity contribution is 0.220. The molecule has 0 atom stereocenters. The van der Waals surface area contributed by atoms with E-state index in [0.717, 1.165) is 19.6 Å². The molecule has 0 spiro atoms. The van der Waals surface area contributed by atoms with E-state index in [4.69, 9.17) is 6.42 Å². The zero-order valence-corrected chi connectivity index (χ0v) is 9.59. The topological polar surface area (TPSA) is 15.3 Å². The molecule has 1 aliphatic rings. The molecule has 0 unspecified atom stereocenters. The van der Waals surface area contributed by atoms with E-state index in [-0.39, 0.29) is 24.8 Å². The largest absolute Gasteiger partial charge is 0.317 e. The minimum Gasteiger partial charge on any atom is -0.317 e. The first-order chi connectivity index (χ1) is 5.34. The van der Waals surface area contributed by atoms with E-state index < -0.39 is 0 Å². The van der Waals surface area contributed by atoms with Crippen molar-refractivity contribution in [3.05, 3.63) is 0 Å². The van der Waals surface area contributed by atoms with E-state index in [0.29, 0.717) is 6.04 Å². The third kappa shape index (κ3) is 5.38. The maximum absolute atomic E-state index is 5.23. The molecule has 13 heavy (non-hydrogen) atoms. The molecule has 1 saturated heterocycles. The Labute approximate surface area is 93.3 Å². The Bertz CT molecular complexity index is 150. The predicted octanol–water partition coefficient (Wildman–Crippen LogP) is 1.15. The summed E-state index contributed by atoms with van der Waals surface area (Å²) in [5.74, 6) is 2.67. The molecular formula is C9H18Cl2N2. The highest BCUT2D eigenvalue weighted by Gasteiger charge is 2.15. The summed E-state index contributed by atoms with van der Waals surface area (Å²) in [6.45, 7) is 3.06. The third-order valence-electron chi connectivity index (χ3n) is 2.27. The number of rotatable bonds is 2. The molecule has 0 aromatic heterocycles. The number of hydrogen-bond acceptors (Lipinski definition) is 2. The minimum absolute atomic E-state index is 0. The SMILES string of the molecule is C#CCN(C)C1CCNCC1.Cl.Cl. The fourth-order valence-electron chi connectivity index (χ4n) is 1.52. The lowest BCUT2D eigenvalue weighted by atomic mass is 10.1. The van der Waals surface area contributed by atoms with Crippen LogP contribution < -0.4 is 5.32 Å². The molecule has 0 aromatic carbocycles. The highest BCUT2D eigenvalue weighted by molar-refractivity contribution is 5.85. The molecule has 0 amide bonds. The predicted molar refractivity (Wildman–Crippen MR) is 61.9 cm³/mol. The maximum Gasteiger partial charge on any atom is 0.0598 e. The quantitative estimate of drug-likeness (QED) is 0.709. The van der Waals surface area contributed by atoms with Gasteiger partial charge in [-0.3, -0.25) is 4.90 Å². The van der Waals surface area contributed by atoms with E-state index in [1.807, 2.05) is 0 Å². The first-order valence-corrected chi connectivity index (χ1v) is 4.19. The van der Waals surface area contributed by atoms with Gasteiger partial charge in [-0.05, 0) is 33.0 Å². The Hall–Kier alpha value is 0.0600. The summed E-state index contributed by atoms with van der Waals surface area (Å²) in [6.07, 6.45) is 7.70. The van der Waals surface area contributed by atoms with Crippen molar-refractivity contribution in [3.8, 4) is 12.3 Å². The van der Waals surface area contributed by atoms with Crippen molar-refractivity contribution in [1.82, 2.24) is 10.2 Å². The van der Waals surface area contributed by atoms with Crippen LogP contribution in [0.4, 0.5) is 0 Å². The smallest absolute Gasteiger partial charge is 0.0598 e. The first-order valence-electron chi connectivity index (χ1n) is 4.19. The van der Waals surface area contributed by atoms with Gasteiger partial charge in [-0.25, -0.2) is 0 Å². The fraction of sp³-hybridized carbons (Fsp3) is 0.778. The van der Waals surface area contributed by atoms with Gasteiger partial charge in [-0.1, -0.05) is 5.92 Å². The monoisotopic (exact) mass is 224 g/mol. The first kappa shape index (κ1) is 15.5. The van der Waals surface area contributed by atoms with Crippen LogP contribution in [0.25, 0.3) is 0 Å². The Morgan fingerprint density at radius 1 is 1.38 bits per heavy atom. The Kier molecular flexibility index (Phi) is 10.3. The second-order valence-electron chi connectivity index (χ2n) is 3.10. The van der Waals surface area contributed by atoms with Crippen LogP contribution in [0.5, 0.6) is 0 Å². The number of hydrogen-bond donors (Lipinski definition) is 1. The molecule has 1 heterocycles. The summed E-state index contributed by atoms with van der Waals surface area (Å²) >= 11 is 0. The lowest BCUT2D eigenvalue weighted by Gasteiger charge is -2.30. The van der Waals surface area contributed by atoms with E-state index in [1.165, 1.54) is 12.8 Å². The van der Waals surface area contributed by atoms with Crippen LogP contribution >= 0.6 is 24.8 Å². The van der Waals surface area contributed by atoms with Crippen molar-refractivity contribution < 1.29 is 0 Å². The van der Waals surface area contributed by atoms with Crippen molar-refractivity contribution in [2.45, 2.75) is 18.9 Å². The fourth-order valence-corrected chi connectivity index (χ4v) is 1.52. The Balaban J connectivity index is 0. The molecule has 0 radical (unpaired) electrons. The highest BCUT2D eigenvalue weighted by atomic mass is 35.5. The molecule has 0 bridgehead atoms. The van der Waals surface area contributed by atoms with Crippen molar-refractivity contribution in [2.75, 3.05) is 26.7 Å². The van der Waals surface area contributed by atoms with Gasteiger partial charge in [0.05, 0.1) is 6.54 Å². The van der Waals surface area contributed by atoms with Gasteiger partial charge in [0, 0.05) is 6.04 Å². The Morgan fingerprint density at radius 3 is 2.38 bits per heavy atom. The van der Waals surface area contributed by atoms with Gasteiger partial charge >= 0.3 is 0 Å². The van der Waals surface area contributed by atoms with Crippen LogP contribution in [0.1, 0.15) is 12.8 Å². The molecular weight excluding hydrogens is 207 g/mol. The van der Waals surface area contributed by atoms with Crippen molar-refractivity contribution in [1.29, 1.82) is 0 Å². The van der Waals surface area contributed by atoms with Crippen LogP contribution in [-0.4, -0.2) is 37.6 Å². The molecule has 4 heteroatoms. The summed E-state index contributed by atoms with van der Waals surface area (Å²) in [5.41, 5.74) is 0. The summed E-state index contributed by atoms with van der Waals surface area (Å²) in [5, 5.41) is 3.33. The van der Waals surface area contributed by atoms with E-state index in [1.54, 1.807) is 0 Å². The third-order valence-corrected chi connectivity index (χ3v) is 2.27. The van der Waals surface area contributed by atoms with Crippen molar-refractivity contribution >= 4 is 24.8 Å². The molecule has 0 aliphatic carbocycles. The molecule has 0 aromatic rings. The zero-order chi connectivity index (χ0) is 8.10. The standard InChI is InChI=1S/C9H16N2.2ClH/c1-3-8-11(2)9-4-6-10-7-5-9;;/h1,9-10H,4-8H2,2H3;2*1H. The summed E-state index contributed by atoms with van der Waals surface area (Å²) < 4.78 is 0. The second kappa shape index (κ2) is 8.65. The number of halogens is 2. The van der Waals surface area contributed by atoms with Crippen LogP contribution in [0, 0.1) is 12.3 Å². The summed E-state index contributed by atoms with van der Waals surface area (Å²) in [7, 11) is 2.11. The summed E-state index contributed by atoms with van der Waals surface area (Å²) in [4.78, 5) is 2.26. The van der Waals surface area contributed by atoms with Crippen LogP contribution in [0.15, 0.2) is 0 Å². The van der Waals surface area contributed by atoms with Crippen LogP contribution in [0.3, 0.4) is 0 Å². The van der Waals surface area contributed by atoms with E-state index >= 15 is 0 Å². The summed E-state index contributed by atoms with van der Waals surface area (Å²) in [6, 6.07) is 0.701. The van der Waals surface area contributed by atoms with Crippen LogP contribution in [0.2, 0.25) is 0 Å². The highest BCUT2D eigenvalue weighted by Crippen LogP contribution is 2.08. The molecule has 78 valence electrons. The van der Waals surface area contributed by atoms with Gasteiger partial charge in [0.15, 0.2) is 0 Å². The normalized spacial score (nSPS) is 17.0. The van der Waals surface area contributed by atoms with Gasteiger partial charge in [0.1, 0.15) is 0 Å². The van der Waals surface area contributed by atoms with Gasteiger partial charge in [-0.15, -0.1) is 31.2 Å². The Morgan fingerprint density at radius 2 is 1.92 bits per heavy atom. The second-order valence-corrected chi connectivity index (χ2v) is 3.10. The minimum atomic E-state index is 0. The number of terminal acetylenes is 1. The molecule has 1 aliphatic heterocycles. The average Bonchev–Trinajstić information content (AvgIpc) is 2.07. The zero-order valence-electron chi connectivity index (χ0n) is 7.95. The molecule has 1 N–H and O–H groups in total. The molecule has 1 fully saturated rings. The molecule has 2 nitrogen and oxygen atoms in total.